The number of carbonyl (C=O) groups is 2. The first-order valence-electron chi connectivity index (χ1n) is 9.61. The molecule has 2 aromatic rings. The average molecular weight is 401 g/mol. The number of nitrogens with zero attached hydrogens (tertiary/aromatic N) is 1. The normalized spacial score (nSPS) is 14.6. The highest BCUT2D eigenvalue weighted by Crippen LogP contribution is 2.17. The molecule has 0 spiro atoms. The van der Waals surface area contributed by atoms with Gasteiger partial charge >= 0.3 is 0 Å². The number of hydrogen-bond acceptors (Lipinski definition) is 3. The summed E-state index contributed by atoms with van der Waals surface area (Å²) in [4.78, 5) is 26.7. The Bertz CT molecular complexity index is 798. The van der Waals surface area contributed by atoms with E-state index in [-0.39, 0.29) is 17.9 Å². The van der Waals surface area contributed by atoms with E-state index in [0.717, 1.165) is 24.2 Å². The van der Waals surface area contributed by atoms with Crippen molar-refractivity contribution in [1.82, 2.24) is 10.2 Å². The molecule has 28 heavy (non-hydrogen) atoms. The monoisotopic (exact) mass is 400 g/mol. The van der Waals surface area contributed by atoms with E-state index in [1.54, 1.807) is 24.3 Å². The zero-order valence-corrected chi connectivity index (χ0v) is 16.7. The molecule has 1 N–H and O–H groups in total. The molecular weight excluding hydrogens is 376 g/mol. The van der Waals surface area contributed by atoms with Gasteiger partial charge in [-0.2, -0.15) is 0 Å². The van der Waals surface area contributed by atoms with Gasteiger partial charge in [-0.25, -0.2) is 0 Å². The van der Waals surface area contributed by atoms with E-state index in [0.29, 0.717) is 36.7 Å². The van der Waals surface area contributed by atoms with Crippen LogP contribution in [0, 0.1) is 0 Å². The molecule has 6 heteroatoms. The quantitative estimate of drug-likeness (QED) is 0.804. The lowest BCUT2D eigenvalue weighted by Crippen LogP contribution is -2.46. The van der Waals surface area contributed by atoms with E-state index >= 15 is 0 Å². The summed E-state index contributed by atoms with van der Waals surface area (Å²) in [7, 11) is 0. The van der Waals surface area contributed by atoms with E-state index in [4.69, 9.17) is 16.3 Å². The maximum absolute atomic E-state index is 12.5. The van der Waals surface area contributed by atoms with Crippen LogP contribution in [0.4, 0.5) is 0 Å². The summed E-state index contributed by atoms with van der Waals surface area (Å²) in [6.45, 7) is 3.83. The van der Waals surface area contributed by atoms with Gasteiger partial charge in [-0.15, -0.1) is 0 Å². The fourth-order valence-electron chi connectivity index (χ4n) is 3.34. The third kappa shape index (κ3) is 5.49. The van der Waals surface area contributed by atoms with E-state index in [1.807, 2.05) is 36.1 Å². The second-order valence-electron chi connectivity index (χ2n) is 6.89. The Labute approximate surface area is 170 Å². The van der Waals surface area contributed by atoms with Gasteiger partial charge < -0.3 is 15.0 Å². The van der Waals surface area contributed by atoms with Gasteiger partial charge in [0.15, 0.2) is 0 Å². The number of amides is 2. The maximum Gasteiger partial charge on any atom is 0.253 e. The molecule has 0 aromatic heterocycles. The van der Waals surface area contributed by atoms with Gasteiger partial charge in [-0.3, -0.25) is 9.59 Å². The number of ether oxygens (including phenoxy) is 1. The number of carbonyl (C=O) groups excluding carboxylic acids is 2. The predicted octanol–water partition coefficient (Wildman–Crippen LogP) is 3.70. The molecule has 148 valence electrons. The first kappa shape index (κ1) is 20.2. The molecule has 0 saturated carbocycles. The zero-order valence-electron chi connectivity index (χ0n) is 16.0. The van der Waals surface area contributed by atoms with Crippen molar-refractivity contribution in [1.29, 1.82) is 0 Å². The van der Waals surface area contributed by atoms with Crippen LogP contribution >= 0.6 is 11.6 Å². The molecule has 0 unspecified atom stereocenters. The second-order valence-corrected chi connectivity index (χ2v) is 7.33. The molecule has 1 aliphatic heterocycles. The van der Waals surface area contributed by atoms with Crippen molar-refractivity contribution < 1.29 is 14.3 Å². The van der Waals surface area contributed by atoms with Crippen molar-refractivity contribution in [3.8, 4) is 5.75 Å². The van der Waals surface area contributed by atoms with Gasteiger partial charge in [0, 0.05) is 29.7 Å². The SMILES string of the molecule is CCOc1ccc(CC(=O)NC2CCN(C(=O)c3ccc(Cl)cc3)CC2)cc1. The number of halogens is 1. The maximum atomic E-state index is 12.5. The molecule has 0 atom stereocenters. The number of nitrogens with one attached hydrogen (secondary N) is 1. The Kier molecular flexibility index (Phi) is 6.93. The van der Waals surface area contributed by atoms with Gasteiger partial charge in [-0.1, -0.05) is 23.7 Å². The molecule has 3 rings (SSSR count). The number of hydrogen-bond donors (Lipinski definition) is 1. The highest BCUT2D eigenvalue weighted by atomic mass is 35.5. The molecule has 0 radical (unpaired) electrons. The Morgan fingerprint density at radius 1 is 1.07 bits per heavy atom. The van der Waals surface area contributed by atoms with Crippen molar-refractivity contribution in [2.24, 2.45) is 0 Å². The summed E-state index contributed by atoms with van der Waals surface area (Å²) >= 11 is 5.88. The molecule has 0 bridgehead atoms. The van der Waals surface area contributed by atoms with Gasteiger partial charge in [0.25, 0.3) is 5.91 Å². The third-order valence-corrected chi connectivity index (χ3v) is 5.09. The number of likely N-dealkylation sites (tertiary alicyclic amines) is 1. The lowest BCUT2D eigenvalue weighted by atomic mass is 10.0. The number of rotatable bonds is 6. The van der Waals surface area contributed by atoms with Crippen LogP contribution in [0.15, 0.2) is 48.5 Å². The number of benzene rings is 2. The first-order valence-corrected chi connectivity index (χ1v) is 9.99. The summed E-state index contributed by atoms with van der Waals surface area (Å²) in [5.74, 6) is 0.826. The first-order chi connectivity index (χ1) is 13.5. The molecule has 2 aromatic carbocycles. The topological polar surface area (TPSA) is 58.6 Å². The number of piperidine rings is 1. The Hall–Kier alpha value is -2.53. The van der Waals surface area contributed by atoms with Crippen LogP contribution in [0.2, 0.25) is 5.02 Å². The van der Waals surface area contributed by atoms with Crippen molar-refractivity contribution in [2.75, 3.05) is 19.7 Å². The van der Waals surface area contributed by atoms with Crippen LogP contribution < -0.4 is 10.1 Å². The minimum atomic E-state index is 0.00615. The van der Waals surface area contributed by atoms with Gasteiger partial charge in [0.1, 0.15) is 5.75 Å². The molecule has 1 saturated heterocycles. The summed E-state index contributed by atoms with van der Waals surface area (Å²) in [6.07, 6.45) is 1.86. The minimum absolute atomic E-state index is 0.00615. The summed E-state index contributed by atoms with van der Waals surface area (Å²) in [5.41, 5.74) is 1.60. The van der Waals surface area contributed by atoms with E-state index in [1.165, 1.54) is 0 Å². The fraction of sp³-hybridized carbons (Fsp3) is 0.364. The Morgan fingerprint density at radius 2 is 1.71 bits per heavy atom. The Morgan fingerprint density at radius 3 is 2.32 bits per heavy atom. The lowest BCUT2D eigenvalue weighted by molar-refractivity contribution is -0.121. The largest absolute Gasteiger partial charge is 0.494 e. The van der Waals surface area contributed by atoms with E-state index < -0.39 is 0 Å². The van der Waals surface area contributed by atoms with Crippen molar-refractivity contribution >= 4 is 23.4 Å². The van der Waals surface area contributed by atoms with Crippen LogP contribution in [0.1, 0.15) is 35.7 Å². The standard InChI is InChI=1S/C22H25ClN2O3/c1-2-28-20-9-3-16(4-10-20)15-21(26)24-19-11-13-25(14-12-19)22(27)17-5-7-18(23)8-6-17/h3-10,19H,2,11-15H2,1H3,(H,24,26). The molecule has 2 amide bonds. The van der Waals surface area contributed by atoms with Crippen LogP contribution in [0.5, 0.6) is 5.75 Å². The molecular formula is C22H25ClN2O3. The van der Waals surface area contributed by atoms with Crippen LogP contribution in [-0.2, 0) is 11.2 Å². The summed E-state index contributed by atoms with van der Waals surface area (Å²) < 4.78 is 5.42. The fourth-order valence-corrected chi connectivity index (χ4v) is 3.46. The van der Waals surface area contributed by atoms with Crippen molar-refractivity contribution in [2.45, 2.75) is 32.2 Å². The van der Waals surface area contributed by atoms with Gasteiger partial charge in [0.2, 0.25) is 5.91 Å². The second kappa shape index (κ2) is 9.60. The molecule has 1 aliphatic rings. The molecule has 1 heterocycles. The van der Waals surface area contributed by atoms with Crippen LogP contribution in [0.25, 0.3) is 0 Å². The third-order valence-electron chi connectivity index (χ3n) is 4.84. The molecule has 0 aliphatic carbocycles. The highest BCUT2D eigenvalue weighted by molar-refractivity contribution is 6.30. The smallest absolute Gasteiger partial charge is 0.253 e. The zero-order chi connectivity index (χ0) is 19.9. The molecule has 1 fully saturated rings. The summed E-state index contributed by atoms with van der Waals surface area (Å²) in [6, 6.07) is 14.6. The predicted molar refractivity (Wildman–Crippen MR) is 110 cm³/mol. The van der Waals surface area contributed by atoms with Crippen LogP contribution in [-0.4, -0.2) is 42.5 Å². The van der Waals surface area contributed by atoms with E-state index in [2.05, 4.69) is 5.32 Å². The lowest BCUT2D eigenvalue weighted by Gasteiger charge is -2.32. The van der Waals surface area contributed by atoms with Gasteiger partial charge in [0.05, 0.1) is 13.0 Å². The highest BCUT2D eigenvalue weighted by Gasteiger charge is 2.24. The molecule has 5 nitrogen and oxygen atoms in total. The minimum Gasteiger partial charge on any atom is -0.494 e. The van der Waals surface area contributed by atoms with Crippen molar-refractivity contribution in [3.05, 3.63) is 64.7 Å². The summed E-state index contributed by atoms with van der Waals surface area (Å²) in [5, 5.41) is 3.70. The van der Waals surface area contributed by atoms with Gasteiger partial charge in [-0.05, 0) is 61.7 Å². The van der Waals surface area contributed by atoms with Crippen LogP contribution in [0.3, 0.4) is 0 Å². The Balaban J connectivity index is 1.45. The van der Waals surface area contributed by atoms with Crippen molar-refractivity contribution in [3.63, 3.8) is 0 Å². The van der Waals surface area contributed by atoms with E-state index in [9.17, 15) is 9.59 Å². The average Bonchev–Trinajstić information content (AvgIpc) is 2.70.